The van der Waals surface area contributed by atoms with Gasteiger partial charge in [-0.05, 0) is 36.8 Å². The summed E-state index contributed by atoms with van der Waals surface area (Å²) in [5.41, 5.74) is 0.402. The molecule has 0 aromatic heterocycles. The van der Waals surface area contributed by atoms with E-state index in [4.69, 9.17) is 4.74 Å². The largest absolute Gasteiger partial charge is 0.487 e. The highest BCUT2D eigenvalue weighted by molar-refractivity contribution is 5.27. The summed E-state index contributed by atoms with van der Waals surface area (Å²) in [6.07, 6.45) is 16.5. The van der Waals surface area contributed by atoms with Crippen molar-refractivity contribution >= 4 is 0 Å². The predicted molar refractivity (Wildman–Crippen MR) is 97.8 cm³/mol. The van der Waals surface area contributed by atoms with Crippen molar-refractivity contribution in [3.8, 4) is 0 Å². The summed E-state index contributed by atoms with van der Waals surface area (Å²) >= 11 is 0. The first-order chi connectivity index (χ1) is 10.2. The van der Waals surface area contributed by atoms with Crippen molar-refractivity contribution < 1.29 is 4.74 Å². The van der Waals surface area contributed by atoms with E-state index < -0.39 is 0 Å². The highest BCUT2D eigenvalue weighted by atomic mass is 16.5. The van der Waals surface area contributed by atoms with Gasteiger partial charge in [0.2, 0.25) is 0 Å². The smallest absolute Gasteiger partial charge is 0.119 e. The van der Waals surface area contributed by atoms with Gasteiger partial charge in [0.25, 0.3) is 0 Å². The number of hydrogen-bond donors (Lipinski definition) is 0. The van der Waals surface area contributed by atoms with E-state index in [-0.39, 0.29) is 11.0 Å². The maximum Gasteiger partial charge on any atom is 0.119 e. The van der Waals surface area contributed by atoms with Crippen LogP contribution in [-0.2, 0) is 4.74 Å². The van der Waals surface area contributed by atoms with Gasteiger partial charge in [-0.2, -0.15) is 0 Å². The maximum absolute atomic E-state index is 6.57. The zero-order chi connectivity index (χ0) is 16.9. The molecule has 22 heavy (non-hydrogen) atoms. The fourth-order valence-corrected chi connectivity index (χ4v) is 3.08. The summed E-state index contributed by atoms with van der Waals surface area (Å²) in [6, 6.07) is 0. The van der Waals surface area contributed by atoms with Crippen LogP contribution in [0, 0.1) is 10.8 Å². The van der Waals surface area contributed by atoms with E-state index in [9.17, 15) is 0 Å². The Labute approximate surface area is 138 Å². The molecule has 0 amide bonds. The quantitative estimate of drug-likeness (QED) is 0.478. The molecule has 0 bridgehead atoms. The average molecular weight is 305 g/mol. The van der Waals surface area contributed by atoms with Crippen molar-refractivity contribution in [2.75, 3.05) is 0 Å². The van der Waals surface area contributed by atoms with Gasteiger partial charge in [-0.15, -0.1) is 0 Å². The topological polar surface area (TPSA) is 9.23 Å². The van der Waals surface area contributed by atoms with E-state index in [2.05, 4.69) is 78.8 Å². The normalized spacial score (nSPS) is 18.0. The van der Waals surface area contributed by atoms with Crippen molar-refractivity contribution in [1.29, 1.82) is 0 Å². The van der Waals surface area contributed by atoms with E-state index in [0.717, 1.165) is 25.0 Å². The van der Waals surface area contributed by atoms with Gasteiger partial charge in [0.1, 0.15) is 11.4 Å². The molecule has 0 saturated carbocycles. The first-order valence-electron chi connectivity index (χ1n) is 9.01. The molecule has 0 spiro atoms. The minimum Gasteiger partial charge on any atom is -0.487 e. The van der Waals surface area contributed by atoms with Gasteiger partial charge in [-0.25, -0.2) is 0 Å². The molecule has 0 fully saturated rings. The molecule has 1 aliphatic carbocycles. The Bertz CT molecular complexity index is 429. The molecule has 0 heterocycles. The van der Waals surface area contributed by atoms with Gasteiger partial charge >= 0.3 is 0 Å². The lowest BCUT2D eigenvalue weighted by molar-refractivity contribution is -0.0392. The van der Waals surface area contributed by atoms with Crippen LogP contribution in [0.15, 0.2) is 36.1 Å². The van der Waals surface area contributed by atoms with Crippen molar-refractivity contribution in [3.05, 3.63) is 36.1 Å². The molecule has 0 N–H and O–H groups in total. The van der Waals surface area contributed by atoms with Gasteiger partial charge in [0, 0.05) is 5.41 Å². The average Bonchev–Trinajstić information content (AvgIpc) is 2.67. The van der Waals surface area contributed by atoms with Gasteiger partial charge < -0.3 is 4.74 Å². The SMILES string of the molecule is CCC(C)(CC)CC(CC)(CC)OC1=CC=CC(C)(C)C=C1. The summed E-state index contributed by atoms with van der Waals surface area (Å²) in [6.45, 7) is 16.0. The molecule has 0 aromatic carbocycles. The zero-order valence-electron chi connectivity index (χ0n) is 15.8. The first-order valence-corrected chi connectivity index (χ1v) is 9.01. The Morgan fingerprint density at radius 1 is 0.955 bits per heavy atom. The molecule has 1 nitrogen and oxygen atoms in total. The Kier molecular flexibility index (Phi) is 6.52. The van der Waals surface area contributed by atoms with E-state index in [0.29, 0.717) is 5.41 Å². The third-order valence-corrected chi connectivity index (χ3v) is 5.54. The van der Waals surface area contributed by atoms with Crippen molar-refractivity contribution in [2.45, 2.75) is 86.2 Å². The monoisotopic (exact) mass is 304 g/mol. The van der Waals surface area contributed by atoms with Crippen LogP contribution in [0.4, 0.5) is 0 Å². The minimum absolute atomic E-state index is 0.0563. The third-order valence-electron chi connectivity index (χ3n) is 5.54. The highest BCUT2D eigenvalue weighted by Gasteiger charge is 2.36. The fraction of sp³-hybridized carbons (Fsp3) is 0.714. The van der Waals surface area contributed by atoms with Crippen molar-refractivity contribution in [2.24, 2.45) is 10.8 Å². The molecule has 0 radical (unpaired) electrons. The summed E-state index contributed by atoms with van der Waals surface area (Å²) < 4.78 is 6.57. The molecular formula is C21H36O. The predicted octanol–water partition coefficient (Wildman–Crippen LogP) is 6.81. The summed E-state index contributed by atoms with van der Waals surface area (Å²) in [5, 5.41) is 0. The van der Waals surface area contributed by atoms with Crippen LogP contribution in [0.3, 0.4) is 0 Å². The number of allylic oxidation sites excluding steroid dienone is 5. The lowest BCUT2D eigenvalue weighted by Gasteiger charge is -2.41. The number of hydrogen-bond acceptors (Lipinski definition) is 1. The molecule has 0 saturated heterocycles. The Hall–Kier alpha value is -0.980. The van der Waals surface area contributed by atoms with E-state index >= 15 is 0 Å². The number of ether oxygens (including phenoxy) is 1. The first kappa shape index (κ1) is 19.1. The van der Waals surface area contributed by atoms with Gasteiger partial charge in [0.05, 0.1) is 0 Å². The summed E-state index contributed by atoms with van der Waals surface area (Å²) in [4.78, 5) is 0. The molecule has 1 heteroatoms. The van der Waals surface area contributed by atoms with Crippen molar-refractivity contribution in [3.63, 3.8) is 0 Å². The van der Waals surface area contributed by atoms with Crippen LogP contribution < -0.4 is 0 Å². The lowest BCUT2D eigenvalue weighted by atomic mass is 9.73. The number of rotatable bonds is 8. The molecule has 0 aromatic rings. The molecule has 1 aliphatic rings. The van der Waals surface area contributed by atoms with Gasteiger partial charge in [-0.1, -0.05) is 79.5 Å². The van der Waals surface area contributed by atoms with Crippen molar-refractivity contribution in [1.82, 2.24) is 0 Å². The third kappa shape index (κ3) is 5.04. The zero-order valence-corrected chi connectivity index (χ0v) is 15.8. The fourth-order valence-electron chi connectivity index (χ4n) is 3.08. The Morgan fingerprint density at radius 2 is 1.55 bits per heavy atom. The molecule has 126 valence electrons. The Morgan fingerprint density at radius 3 is 2.05 bits per heavy atom. The van der Waals surface area contributed by atoms with Crippen LogP contribution in [0.5, 0.6) is 0 Å². The second-order valence-corrected chi connectivity index (χ2v) is 7.77. The standard InChI is InChI=1S/C21H36O/c1-8-20(7,9-2)17-21(10-3,11-4)22-18-13-12-15-19(5,6)16-14-18/h12-16H,8-11,17H2,1-7H3. The molecular weight excluding hydrogens is 268 g/mol. The Balaban J connectivity index is 2.97. The minimum atomic E-state index is -0.0563. The summed E-state index contributed by atoms with van der Waals surface area (Å²) in [7, 11) is 0. The summed E-state index contributed by atoms with van der Waals surface area (Å²) in [5.74, 6) is 1.00. The second kappa shape index (κ2) is 7.53. The maximum atomic E-state index is 6.57. The van der Waals surface area contributed by atoms with E-state index in [1.165, 1.54) is 12.8 Å². The van der Waals surface area contributed by atoms with Crippen LogP contribution in [-0.4, -0.2) is 5.60 Å². The highest BCUT2D eigenvalue weighted by Crippen LogP contribution is 2.41. The molecule has 1 rings (SSSR count). The second-order valence-electron chi connectivity index (χ2n) is 7.77. The van der Waals surface area contributed by atoms with E-state index in [1.807, 2.05) is 0 Å². The van der Waals surface area contributed by atoms with Gasteiger partial charge in [-0.3, -0.25) is 0 Å². The van der Waals surface area contributed by atoms with Crippen LogP contribution in [0.2, 0.25) is 0 Å². The van der Waals surface area contributed by atoms with Crippen LogP contribution >= 0.6 is 0 Å². The van der Waals surface area contributed by atoms with E-state index in [1.54, 1.807) is 0 Å². The van der Waals surface area contributed by atoms with Gasteiger partial charge in [0.15, 0.2) is 0 Å². The van der Waals surface area contributed by atoms with Crippen LogP contribution in [0.1, 0.15) is 80.6 Å². The molecule has 0 unspecified atom stereocenters. The molecule has 0 atom stereocenters. The van der Waals surface area contributed by atoms with Crippen LogP contribution in [0.25, 0.3) is 0 Å². The lowest BCUT2D eigenvalue weighted by Crippen LogP contribution is -2.37. The molecule has 0 aliphatic heterocycles.